The van der Waals surface area contributed by atoms with Crippen molar-refractivity contribution >= 4 is 39.1 Å². The fourth-order valence-corrected chi connectivity index (χ4v) is 6.33. The van der Waals surface area contributed by atoms with Gasteiger partial charge in [0.2, 0.25) is 5.91 Å². The first-order chi connectivity index (χ1) is 15.9. The summed E-state index contributed by atoms with van der Waals surface area (Å²) in [5.41, 5.74) is 0.767. The lowest BCUT2D eigenvalue weighted by Crippen LogP contribution is -2.65. The molecule has 2 aromatic heterocycles. The molecule has 1 aliphatic carbocycles. The number of anilines is 1. The highest BCUT2D eigenvalue weighted by atomic mass is 32.1. The zero-order chi connectivity index (χ0) is 23.2. The summed E-state index contributed by atoms with van der Waals surface area (Å²) in [5, 5.41) is 3.25. The molecule has 2 aliphatic rings. The maximum Gasteiger partial charge on any atom is 0.275 e. The van der Waals surface area contributed by atoms with Crippen LogP contribution < -0.4 is 10.2 Å². The summed E-state index contributed by atoms with van der Waals surface area (Å²) in [7, 11) is 0. The lowest BCUT2D eigenvalue weighted by Gasteiger charge is -2.44. The number of carbonyl (C=O) groups is 2. The van der Waals surface area contributed by atoms with E-state index in [0.29, 0.717) is 17.9 Å². The van der Waals surface area contributed by atoms with E-state index in [-0.39, 0.29) is 17.9 Å². The summed E-state index contributed by atoms with van der Waals surface area (Å²) in [5.74, 6) is -0.876. The molecule has 1 aromatic carbocycles. The van der Waals surface area contributed by atoms with Gasteiger partial charge >= 0.3 is 0 Å². The van der Waals surface area contributed by atoms with Crippen molar-refractivity contribution in [2.45, 2.75) is 76.9 Å². The highest BCUT2D eigenvalue weighted by molar-refractivity contribution is 7.19. The van der Waals surface area contributed by atoms with E-state index < -0.39 is 11.4 Å². The average Bonchev–Trinajstić information content (AvgIpc) is 3.23. The topological polar surface area (TPSA) is 54.3 Å². The Morgan fingerprint density at radius 1 is 1.18 bits per heavy atom. The number of halogens is 1. The Morgan fingerprint density at radius 2 is 1.94 bits per heavy atom. The maximum absolute atomic E-state index is 14.2. The minimum absolute atomic E-state index is 0.111. The van der Waals surface area contributed by atoms with Gasteiger partial charge in [0.15, 0.2) is 0 Å². The molecule has 0 saturated heterocycles. The Labute approximate surface area is 197 Å². The number of aryl methyl sites for hydroxylation is 1. The van der Waals surface area contributed by atoms with Gasteiger partial charge in [-0.3, -0.25) is 14.5 Å². The molecular weight excluding hydrogens is 437 g/mol. The van der Waals surface area contributed by atoms with E-state index in [1.807, 2.05) is 17.6 Å². The molecular formula is C26H30FN3O2S. The van der Waals surface area contributed by atoms with Crippen molar-refractivity contribution in [1.29, 1.82) is 0 Å². The van der Waals surface area contributed by atoms with Crippen molar-refractivity contribution in [3.05, 3.63) is 52.8 Å². The van der Waals surface area contributed by atoms with Crippen LogP contribution in [0.2, 0.25) is 0 Å². The number of amides is 2. The molecule has 0 bridgehead atoms. The summed E-state index contributed by atoms with van der Waals surface area (Å²) in [6, 6.07) is 10.1. The predicted molar refractivity (Wildman–Crippen MR) is 130 cm³/mol. The number of carbonyl (C=O) groups excluding carboxylic acids is 2. The fourth-order valence-electron chi connectivity index (χ4n) is 5.29. The molecule has 0 radical (unpaired) electrons. The van der Waals surface area contributed by atoms with E-state index in [9.17, 15) is 14.0 Å². The number of benzene rings is 1. The molecule has 1 saturated carbocycles. The Bertz CT molecular complexity index is 1210. The molecule has 33 heavy (non-hydrogen) atoms. The van der Waals surface area contributed by atoms with Crippen molar-refractivity contribution in [2.75, 3.05) is 4.90 Å². The van der Waals surface area contributed by atoms with Crippen molar-refractivity contribution in [2.24, 2.45) is 0 Å². The van der Waals surface area contributed by atoms with E-state index in [2.05, 4.69) is 18.3 Å². The second kappa shape index (κ2) is 8.60. The fraction of sp³-hybridized carbons (Fsp3) is 0.462. The lowest BCUT2D eigenvalue weighted by molar-refractivity contribution is -0.127. The first-order valence-electron chi connectivity index (χ1n) is 11.9. The van der Waals surface area contributed by atoms with E-state index in [0.717, 1.165) is 42.3 Å². The second-order valence-corrected chi connectivity index (χ2v) is 10.7. The lowest BCUT2D eigenvalue weighted by atomic mass is 9.92. The Balaban J connectivity index is 1.59. The number of hydrogen-bond acceptors (Lipinski definition) is 3. The van der Waals surface area contributed by atoms with Crippen LogP contribution in [0.4, 0.5) is 10.1 Å². The number of fused-ring (bicyclic) bond motifs is 3. The van der Waals surface area contributed by atoms with Gasteiger partial charge in [-0.2, -0.15) is 0 Å². The third kappa shape index (κ3) is 3.86. The normalized spacial score (nSPS) is 21.8. The van der Waals surface area contributed by atoms with Crippen LogP contribution >= 0.6 is 11.3 Å². The third-order valence-electron chi connectivity index (χ3n) is 7.12. The van der Waals surface area contributed by atoms with Gasteiger partial charge in [0.25, 0.3) is 5.91 Å². The smallest absolute Gasteiger partial charge is 0.275 e. The Kier molecular flexibility index (Phi) is 5.77. The van der Waals surface area contributed by atoms with Gasteiger partial charge in [0.05, 0.1) is 16.8 Å². The molecule has 174 valence electrons. The second-order valence-electron chi connectivity index (χ2n) is 9.49. The van der Waals surface area contributed by atoms with Gasteiger partial charge in [0.1, 0.15) is 17.1 Å². The van der Waals surface area contributed by atoms with Gasteiger partial charge in [-0.1, -0.05) is 38.7 Å². The molecule has 1 atom stereocenters. The largest absolute Gasteiger partial charge is 0.351 e. The van der Waals surface area contributed by atoms with Crippen LogP contribution in [-0.4, -0.2) is 28.0 Å². The van der Waals surface area contributed by atoms with Crippen molar-refractivity contribution in [3.8, 4) is 0 Å². The Hall–Kier alpha value is -2.67. The monoisotopic (exact) mass is 467 g/mol. The number of hydrogen-bond donors (Lipinski definition) is 1. The average molecular weight is 468 g/mol. The highest BCUT2D eigenvalue weighted by Crippen LogP contribution is 2.38. The molecule has 5 rings (SSSR count). The minimum atomic E-state index is -1.18. The van der Waals surface area contributed by atoms with Gasteiger partial charge in [-0.25, -0.2) is 4.39 Å². The molecule has 0 spiro atoms. The number of rotatable bonds is 4. The predicted octanol–water partition coefficient (Wildman–Crippen LogP) is 5.66. The first kappa shape index (κ1) is 22.1. The van der Waals surface area contributed by atoms with Gasteiger partial charge in [0, 0.05) is 16.6 Å². The van der Waals surface area contributed by atoms with Crippen LogP contribution in [0.3, 0.4) is 0 Å². The van der Waals surface area contributed by atoms with E-state index in [4.69, 9.17) is 0 Å². The van der Waals surface area contributed by atoms with Crippen LogP contribution in [0.5, 0.6) is 0 Å². The third-order valence-corrected chi connectivity index (χ3v) is 8.33. The molecule has 1 N–H and O–H groups in total. The molecule has 7 heteroatoms. The molecule has 1 unspecified atom stereocenters. The van der Waals surface area contributed by atoms with Crippen molar-refractivity contribution in [3.63, 3.8) is 0 Å². The standard InChI is InChI=1S/C26H30FN3O2S/c1-3-20-14-21-23(33-20)15-22-24(31)30(19-12-8-9-17(27)13-19)26(2,16-29(21)22)25(32)28-18-10-6-4-5-7-11-18/h8-9,12-15,18H,3-7,10-11,16H2,1-2H3,(H,28,32). The summed E-state index contributed by atoms with van der Waals surface area (Å²) in [6.45, 7) is 4.25. The highest BCUT2D eigenvalue weighted by Gasteiger charge is 2.49. The zero-order valence-electron chi connectivity index (χ0n) is 19.2. The van der Waals surface area contributed by atoms with E-state index in [1.165, 1.54) is 34.8 Å². The van der Waals surface area contributed by atoms with Gasteiger partial charge < -0.3 is 9.88 Å². The first-order valence-corrected chi connectivity index (χ1v) is 12.8. The van der Waals surface area contributed by atoms with Crippen molar-refractivity contribution < 1.29 is 14.0 Å². The van der Waals surface area contributed by atoms with Gasteiger partial charge in [-0.15, -0.1) is 11.3 Å². The molecule has 5 nitrogen and oxygen atoms in total. The van der Waals surface area contributed by atoms with Gasteiger partial charge in [-0.05, 0) is 56.5 Å². The quantitative estimate of drug-likeness (QED) is 0.503. The van der Waals surface area contributed by atoms with Crippen molar-refractivity contribution in [1.82, 2.24) is 9.88 Å². The number of aromatic nitrogens is 1. The molecule has 3 aromatic rings. The summed E-state index contributed by atoms with van der Waals surface area (Å²) in [6.07, 6.45) is 7.44. The molecule has 3 heterocycles. The SMILES string of the molecule is CCc1cc2c(cc3n2CC(C)(C(=O)NC2CCCCCC2)N(c2cccc(F)c2)C3=O)s1. The number of nitrogens with zero attached hydrogens (tertiary/aromatic N) is 2. The summed E-state index contributed by atoms with van der Waals surface area (Å²) >= 11 is 1.68. The van der Waals surface area contributed by atoms with Crippen LogP contribution in [-0.2, 0) is 17.8 Å². The zero-order valence-corrected chi connectivity index (χ0v) is 20.0. The molecule has 2 amide bonds. The number of thiophene rings is 1. The Morgan fingerprint density at radius 3 is 2.64 bits per heavy atom. The van der Waals surface area contributed by atoms with E-state index in [1.54, 1.807) is 23.5 Å². The maximum atomic E-state index is 14.2. The molecule has 1 fully saturated rings. The number of nitrogens with one attached hydrogen (secondary N) is 1. The summed E-state index contributed by atoms with van der Waals surface area (Å²) in [4.78, 5) is 30.4. The van der Waals surface area contributed by atoms with Crippen LogP contribution in [0.1, 0.15) is 67.7 Å². The van der Waals surface area contributed by atoms with Crippen LogP contribution in [0.15, 0.2) is 36.4 Å². The minimum Gasteiger partial charge on any atom is -0.351 e. The van der Waals surface area contributed by atoms with Crippen LogP contribution in [0, 0.1) is 5.82 Å². The van der Waals surface area contributed by atoms with Crippen LogP contribution in [0.25, 0.3) is 10.2 Å². The summed E-state index contributed by atoms with van der Waals surface area (Å²) < 4.78 is 17.2. The van der Waals surface area contributed by atoms with E-state index >= 15 is 0 Å². The molecule has 1 aliphatic heterocycles.